The molecule has 4 heteroatoms. The van der Waals surface area contributed by atoms with E-state index in [1.165, 1.54) is 23.4 Å². The Hall–Kier alpha value is -1.68. The molecule has 112 valence electrons. The van der Waals surface area contributed by atoms with Crippen LogP contribution in [0.4, 0.5) is 0 Å². The summed E-state index contributed by atoms with van der Waals surface area (Å²) in [6.07, 6.45) is 4.23. The number of hydrogen-bond donors (Lipinski definition) is 0. The van der Waals surface area contributed by atoms with Crippen molar-refractivity contribution < 1.29 is 0 Å². The Morgan fingerprint density at radius 1 is 1.29 bits per heavy atom. The molecule has 0 spiro atoms. The number of rotatable bonds is 4. The zero-order chi connectivity index (χ0) is 14.8. The quantitative estimate of drug-likeness (QED) is 0.865. The summed E-state index contributed by atoms with van der Waals surface area (Å²) in [5.74, 6) is 0. The minimum Gasteiger partial charge on any atom is -0.295 e. The molecular formula is C17H24N4. The van der Waals surface area contributed by atoms with Gasteiger partial charge >= 0.3 is 0 Å². The average molecular weight is 284 g/mol. The van der Waals surface area contributed by atoms with Crippen LogP contribution < -0.4 is 0 Å². The first-order valence-electron chi connectivity index (χ1n) is 7.84. The second kappa shape index (κ2) is 5.98. The molecule has 3 heterocycles. The van der Waals surface area contributed by atoms with E-state index in [-0.39, 0.29) is 0 Å². The third-order valence-corrected chi connectivity index (χ3v) is 4.32. The van der Waals surface area contributed by atoms with Gasteiger partial charge in [0, 0.05) is 31.5 Å². The fourth-order valence-corrected chi connectivity index (χ4v) is 3.16. The Morgan fingerprint density at radius 3 is 2.76 bits per heavy atom. The topological polar surface area (TPSA) is 34.0 Å². The largest absolute Gasteiger partial charge is 0.295 e. The van der Waals surface area contributed by atoms with Crippen LogP contribution in [0, 0.1) is 13.8 Å². The van der Waals surface area contributed by atoms with E-state index in [0.29, 0.717) is 6.04 Å². The van der Waals surface area contributed by atoms with Crippen LogP contribution in [-0.4, -0.2) is 32.8 Å². The van der Waals surface area contributed by atoms with E-state index in [1.54, 1.807) is 0 Å². The van der Waals surface area contributed by atoms with Crippen LogP contribution >= 0.6 is 0 Å². The fraction of sp³-hybridized carbons (Fsp3) is 0.529. The summed E-state index contributed by atoms with van der Waals surface area (Å²) in [6.45, 7) is 9.51. The maximum atomic E-state index is 4.63. The lowest BCUT2D eigenvalue weighted by molar-refractivity contribution is 0.307. The molecule has 2 aromatic heterocycles. The van der Waals surface area contributed by atoms with Gasteiger partial charge in [0.05, 0.1) is 17.4 Å². The van der Waals surface area contributed by atoms with Crippen molar-refractivity contribution in [3.8, 4) is 0 Å². The maximum Gasteiger partial charge on any atom is 0.0661 e. The summed E-state index contributed by atoms with van der Waals surface area (Å²) in [4.78, 5) is 7.05. The van der Waals surface area contributed by atoms with Gasteiger partial charge in [-0.15, -0.1) is 0 Å². The normalized spacial score (nSPS) is 19.3. The molecule has 0 radical (unpaired) electrons. The number of nitrogens with zero attached hydrogens (tertiary/aromatic N) is 4. The molecule has 1 fully saturated rings. The summed E-state index contributed by atoms with van der Waals surface area (Å²) in [5.41, 5.74) is 4.86. The fourth-order valence-electron chi connectivity index (χ4n) is 3.16. The van der Waals surface area contributed by atoms with E-state index in [9.17, 15) is 0 Å². The lowest BCUT2D eigenvalue weighted by Gasteiger charge is -2.16. The molecule has 0 aliphatic carbocycles. The molecule has 2 aromatic rings. The summed E-state index contributed by atoms with van der Waals surface area (Å²) >= 11 is 0. The molecule has 0 aromatic carbocycles. The van der Waals surface area contributed by atoms with Crippen LogP contribution in [0.2, 0.25) is 0 Å². The monoisotopic (exact) mass is 284 g/mol. The standard InChI is InChI=1S/C17H24N4/c1-4-15-5-6-16(18-10-15)11-20-8-7-17(12-20)21-14(3)9-13(2)19-21/h5-6,9-10,17H,4,7-8,11-12H2,1-3H3. The van der Waals surface area contributed by atoms with Crippen LogP contribution in [0.1, 0.15) is 42.0 Å². The Balaban J connectivity index is 1.62. The molecule has 0 amide bonds. The molecule has 3 rings (SSSR count). The van der Waals surface area contributed by atoms with Gasteiger partial charge in [0.1, 0.15) is 0 Å². The van der Waals surface area contributed by atoms with Crippen LogP contribution in [0.15, 0.2) is 24.4 Å². The van der Waals surface area contributed by atoms with E-state index in [4.69, 9.17) is 0 Å². The van der Waals surface area contributed by atoms with E-state index in [0.717, 1.165) is 31.7 Å². The van der Waals surface area contributed by atoms with E-state index in [2.05, 4.69) is 58.6 Å². The van der Waals surface area contributed by atoms with E-state index in [1.807, 2.05) is 6.20 Å². The highest BCUT2D eigenvalue weighted by Crippen LogP contribution is 2.24. The molecule has 1 aliphatic rings. The number of pyridine rings is 1. The second-order valence-electron chi connectivity index (χ2n) is 6.06. The molecule has 1 saturated heterocycles. The zero-order valence-electron chi connectivity index (χ0n) is 13.2. The lowest BCUT2D eigenvalue weighted by atomic mass is 10.2. The molecule has 4 nitrogen and oxygen atoms in total. The lowest BCUT2D eigenvalue weighted by Crippen LogP contribution is -2.22. The van der Waals surface area contributed by atoms with Gasteiger partial charge in [-0.05, 0) is 44.4 Å². The molecule has 1 unspecified atom stereocenters. The average Bonchev–Trinajstić information content (AvgIpc) is 3.06. The smallest absolute Gasteiger partial charge is 0.0661 e. The first kappa shape index (κ1) is 14.3. The second-order valence-corrected chi connectivity index (χ2v) is 6.06. The first-order valence-corrected chi connectivity index (χ1v) is 7.84. The Morgan fingerprint density at radius 2 is 2.14 bits per heavy atom. The van der Waals surface area contributed by atoms with Crippen molar-refractivity contribution >= 4 is 0 Å². The Kier molecular flexibility index (Phi) is 4.06. The molecule has 1 atom stereocenters. The van der Waals surface area contributed by atoms with Gasteiger partial charge in [-0.25, -0.2) is 0 Å². The SMILES string of the molecule is CCc1ccc(CN2CCC(n3nc(C)cc3C)C2)nc1. The highest BCUT2D eigenvalue weighted by Gasteiger charge is 2.25. The third kappa shape index (κ3) is 3.16. The van der Waals surface area contributed by atoms with Crippen LogP contribution in [0.5, 0.6) is 0 Å². The predicted molar refractivity (Wildman–Crippen MR) is 84.2 cm³/mol. The van der Waals surface area contributed by atoms with Gasteiger partial charge in [-0.3, -0.25) is 14.6 Å². The summed E-state index contributed by atoms with van der Waals surface area (Å²) < 4.78 is 2.20. The maximum absolute atomic E-state index is 4.63. The predicted octanol–water partition coefficient (Wildman–Crippen LogP) is 2.90. The Labute approximate surface area is 126 Å². The number of aromatic nitrogens is 3. The van der Waals surface area contributed by atoms with Crippen molar-refractivity contribution in [2.75, 3.05) is 13.1 Å². The first-order chi connectivity index (χ1) is 10.2. The van der Waals surface area contributed by atoms with Gasteiger partial charge < -0.3 is 0 Å². The highest BCUT2D eigenvalue weighted by atomic mass is 15.3. The van der Waals surface area contributed by atoms with Crippen molar-refractivity contribution in [2.45, 2.75) is 46.2 Å². The van der Waals surface area contributed by atoms with Crippen LogP contribution in [0.25, 0.3) is 0 Å². The molecule has 21 heavy (non-hydrogen) atoms. The van der Waals surface area contributed by atoms with Crippen molar-refractivity contribution in [3.63, 3.8) is 0 Å². The minimum absolute atomic E-state index is 0.508. The molecule has 1 aliphatic heterocycles. The van der Waals surface area contributed by atoms with E-state index < -0.39 is 0 Å². The Bertz CT molecular complexity index is 600. The summed E-state index contributed by atoms with van der Waals surface area (Å²) in [5, 5.41) is 4.63. The van der Waals surface area contributed by atoms with Crippen molar-refractivity contribution in [1.82, 2.24) is 19.7 Å². The minimum atomic E-state index is 0.508. The van der Waals surface area contributed by atoms with Crippen molar-refractivity contribution in [2.24, 2.45) is 0 Å². The molecule has 0 N–H and O–H groups in total. The molecular weight excluding hydrogens is 260 g/mol. The third-order valence-electron chi connectivity index (χ3n) is 4.32. The van der Waals surface area contributed by atoms with Gasteiger partial charge in [0.15, 0.2) is 0 Å². The van der Waals surface area contributed by atoms with Gasteiger partial charge in [-0.1, -0.05) is 13.0 Å². The number of aryl methyl sites for hydroxylation is 3. The molecule has 0 bridgehead atoms. The van der Waals surface area contributed by atoms with Gasteiger partial charge in [0.25, 0.3) is 0 Å². The van der Waals surface area contributed by atoms with Crippen molar-refractivity contribution in [3.05, 3.63) is 47.0 Å². The van der Waals surface area contributed by atoms with Gasteiger partial charge in [-0.2, -0.15) is 5.10 Å². The van der Waals surface area contributed by atoms with Crippen LogP contribution in [-0.2, 0) is 13.0 Å². The van der Waals surface area contributed by atoms with Gasteiger partial charge in [0.2, 0.25) is 0 Å². The molecule has 0 saturated carbocycles. The number of likely N-dealkylation sites (tertiary alicyclic amines) is 1. The van der Waals surface area contributed by atoms with E-state index >= 15 is 0 Å². The zero-order valence-corrected chi connectivity index (χ0v) is 13.2. The summed E-state index contributed by atoms with van der Waals surface area (Å²) in [6, 6.07) is 7.02. The van der Waals surface area contributed by atoms with Crippen LogP contribution in [0.3, 0.4) is 0 Å². The van der Waals surface area contributed by atoms with Crippen molar-refractivity contribution in [1.29, 1.82) is 0 Å². The highest BCUT2D eigenvalue weighted by molar-refractivity contribution is 5.14. The number of hydrogen-bond acceptors (Lipinski definition) is 3. The summed E-state index contributed by atoms with van der Waals surface area (Å²) in [7, 11) is 0.